The van der Waals surface area contributed by atoms with Gasteiger partial charge in [-0.05, 0) is 36.8 Å². The molecule has 0 unspecified atom stereocenters. The van der Waals surface area contributed by atoms with Gasteiger partial charge in [-0.3, -0.25) is 4.79 Å². The molecule has 1 aromatic carbocycles. The van der Waals surface area contributed by atoms with Crippen LogP contribution in [0, 0.1) is 0 Å². The van der Waals surface area contributed by atoms with Crippen LogP contribution < -0.4 is 11.1 Å². The molecule has 16 heavy (non-hydrogen) atoms. The summed E-state index contributed by atoms with van der Waals surface area (Å²) in [6.45, 7) is 0. The molecule has 0 saturated heterocycles. The average molecular weight is 216 g/mol. The van der Waals surface area contributed by atoms with Crippen molar-refractivity contribution >= 4 is 5.91 Å². The Bertz CT molecular complexity index is 412. The summed E-state index contributed by atoms with van der Waals surface area (Å²) in [4.78, 5) is 11.8. The number of nitrogens with one attached hydrogen (secondary N) is 1. The van der Waals surface area contributed by atoms with Gasteiger partial charge in [-0.25, -0.2) is 0 Å². The van der Waals surface area contributed by atoms with Crippen molar-refractivity contribution in [1.29, 1.82) is 0 Å². The molecule has 0 bridgehead atoms. The smallest absolute Gasteiger partial charge is 0.240 e. The number of fused-ring (bicyclic) bond motifs is 1. The zero-order valence-corrected chi connectivity index (χ0v) is 9.20. The maximum absolute atomic E-state index is 11.8. The Balaban J connectivity index is 1.66. The van der Waals surface area contributed by atoms with Crippen LogP contribution in [0.2, 0.25) is 0 Å². The van der Waals surface area contributed by atoms with Gasteiger partial charge in [-0.15, -0.1) is 0 Å². The summed E-state index contributed by atoms with van der Waals surface area (Å²) < 4.78 is 0. The van der Waals surface area contributed by atoms with Gasteiger partial charge in [0, 0.05) is 6.04 Å². The third-order valence-corrected chi connectivity index (χ3v) is 3.63. The first kappa shape index (κ1) is 9.85. The lowest BCUT2D eigenvalue weighted by molar-refractivity contribution is -0.123. The summed E-state index contributed by atoms with van der Waals surface area (Å²) in [5.41, 5.74) is 8.03. The molecule has 84 valence electrons. The third kappa shape index (κ3) is 1.61. The molecule has 0 heterocycles. The normalized spacial score (nSPS) is 21.6. The molecular formula is C13H16N2O. The Labute approximate surface area is 95.0 Å². The second-order valence-electron chi connectivity index (χ2n) is 5.00. The molecule has 1 amide bonds. The molecule has 2 aliphatic rings. The van der Waals surface area contributed by atoms with Crippen molar-refractivity contribution in [3.8, 4) is 0 Å². The maximum atomic E-state index is 11.8. The van der Waals surface area contributed by atoms with Gasteiger partial charge >= 0.3 is 0 Å². The standard InChI is InChI=1S/C13H16N2O/c14-13(5-6-13)12(16)15-11-7-9-3-1-2-4-10(9)8-11/h1-4,11H,5-8,14H2,(H,15,16). The Kier molecular flexibility index (Phi) is 2.04. The SMILES string of the molecule is NC1(C(=O)NC2Cc3ccccc3C2)CC1. The average Bonchev–Trinajstić information content (AvgIpc) is 2.90. The van der Waals surface area contributed by atoms with Gasteiger partial charge < -0.3 is 11.1 Å². The number of carbonyl (C=O) groups is 1. The molecule has 1 saturated carbocycles. The molecule has 0 atom stereocenters. The van der Waals surface area contributed by atoms with Crippen molar-refractivity contribution in [2.24, 2.45) is 5.73 Å². The van der Waals surface area contributed by atoms with Crippen LogP contribution in [0.1, 0.15) is 24.0 Å². The van der Waals surface area contributed by atoms with Crippen LogP contribution in [0.5, 0.6) is 0 Å². The zero-order chi connectivity index (χ0) is 11.2. The molecule has 3 heteroatoms. The number of nitrogens with two attached hydrogens (primary N) is 1. The Morgan fingerprint density at radius 3 is 2.31 bits per heavy atom. The van der Waals surface area contributed by atoms with Crippen LogP contribution in [0.3, 0.4) is 0 Å². The summed E-state index contributed by atoms with van der Waals surface area (Å²) in [6, 6.07) is 8.61. The summed E-state index contributed by atoms with van der Waals surface area (Å²) >= 11 is 0. The molecule has 3 N–H and O–H groups in total. The molecule has 2 aliphatic carbocycles. The minimum Gasteiger partial charge on any atom is -0.351 e. The summed E-state index contributed by atoms with van der Waals surface area (Å²) in [7, 11) is 0. The van der Waals surface area contributed by atoms with Gasteiger partial charge in [-0.1, -0.05) is 24.3 Å². The second-order valence-corrected chi connectivity index (χ2v) is 5.00. The van der Waals surface area contributed by atoms with E-state index in [0.29, 0.717) is 0 Å². The lowest BCUT2D eigenvalue weighted by Crippen LogP contribution is -2.47. The lowest BCUT2D eigenvalue weighted by Gasteiger charge is -2.15. The van der Waals surface area contributed by atoms with Gasteiger partial charge in [0.25, 0.3) is 0 Å². The van der Waals surface area contributed by atoms with Crippen LogP contribution in [0.4, 0.5) is 0 Å². The van der Waals surface area contributed by atoms with E-state index < -0.39 is 5.54 Å². The fourth-order valence-corrected chi connectivity index (χ4v) is 2.35. The van der Waals surface area contributed by atoms with E-state index in [1.54, 1.807) is 0 Å². The fraction of sp³-hybridized carbons (Fsp3) is 0.462. The van der Waals surface area contributed by atoms with Crippen LogP contribution in [-0.2, 0) is 17.6 Å². The van der Waals surface area contributed by atoms with Crippen molar-refractivity contribution in [2.45, 2.75) is 37.3 Å². The van der Waals surface area contributed by atoms with E-state index in [0.717, 1.165) is 25.7 Å². The molecule has 0 aromatic heterocycles. The van der Waals surface area contributed by atoms with E-state index in [9.17, 15) is 4.79 Å². The van der Waals surface area contributed by atoms with E-state index in [2.05, 4.69) is 17.4 Å². The topological polar surface area (TPSA) is 55.1 Å². The number of amides is 1. The van der Waals surface area contributed by atoms with Gasteiger partial charge in [0.1, 0.15) is 0 Å². The molecule has 3 rings (SSSR count). The monoisotopic (exact) mass is 216 g/mol. The first-order valence-corrected chi connectivity index (χ1v) is 5.84. The van der Waals surface area contributed by atoms with Gasteiger partial charge in [0.15, 0.2) is 0 Å². The lowest BCUT2D eigenvalue weighted by atomic mass is 10.1. The predicted molar refractivity (Wildman–Crippen MR) is 61.9 cm³/mol. The minimum absolute atomic E-state index is 0.0327. The van der Waals surface area contributed by atoms with Crippen molar-refractivity contribution in [1.82, 2.24) is 5.32 Å². The van der Waals surface area contributed by atoms with Gasteiger partial charge in [0.05, 0.1) is 5.54 Å². The van der Waals surface area contributed by atoms with E-state index in [4.69, 9.17) is 5.73 Å². The van der Waals surface area contributed by atoms with Crippen molar-refractivity contribution in [3.05, 3.63) is 35.4 Å². The minimum atomic E-state index is -0.547. The Morgan fingerprint density at radius 2 is 1.81 bits per heavy atom. The largest absolute Gasteiger partial charge is 0.351 e. The van der Waals surface area contributed by atoms with Gasteiger partial charge in [-0.2, -0.15) is 0 Å². The summed E-state index contributed by atoms with van der Waals surface area (Å²) in [5.74, 6) is 0.0327. The number of hydrogen-bond donors (Lipinski definition) is 2. The maximum Gasteiger partial charge on any atom is 0.240 e. The first-order valence-electron chi connectivity index (χ1n) is 5.84. The van der Waals surface area contributed by atoms with E-state index >= 15 is 0 Å². The van der Waals surface area contributed by atoms with E-state index in [1.165, 1.54) is 11.1 Å². The van der Waals surface area contributed by atoms with Crippen LogP contribution in [0.15, 0.2) is 24.3 Å². The fourth-order valence-electron chi connectivity index (χ4n) is 2.35. The number of carbonyl (C=O) groups excluding carboxylic acids is 1. The van der Waals surface area contributed by atoms with Gasteiger partial charge in [0.2, 0.25) is 5.91 Å². The highest BCUT2D eigenvalue weighted by Crippen LogP contribution is 2.33. The quantitative estimate of drug-likeness (QED) is 0.767. The number of rotatable bonds is 2. The highest BCUT2D eigenvalue weighted by molar-refractivity contribution is 5.89. The first-order chi connectivity index (χ1) is 7.67. The molecule has 0 spiro atoms. The van der Waals surface area contributed by atoms with E-state index in [1.807, 2.05) is 12.1 Å². The molecule has 1 fully saturated rings. The molecule has 3 nitrogen and oxygen atoms in total. The number of hydrogen-bond acceptors (Lipinski definition) is 2. The molecule has 0 radical (unpaired) electrons. The Morgan fingerprint density at radius 1 is 1.25 bits per heavy atom. The zero-order valence-electron chi connectivity index (χ0n) is 9.20. The van der Waals surface area contributed by atoms with Crippen molar-refractivity contribution in [2.75, 3.05) is 0 Å². The predicted octanol–water partition coefficient (Wildman–Crippen LogP) is 0.761. The van der Waals surface area contributed by atoms with E-state index in [-0.39, 0.29) is 11.9 Å². The molecule has 1 aromatic rings. The van der Waals surface area contributed by atoms with Crippen molar-refractivity contribution < 1.29 is 4.79 Å². The number of benzene rings is 1. The highest BCUT2D eigenvalue weighted by atomic mass is 16.2. The summed E-state index contributed by atoms with van der Waals surface area (Å²) in [5, 5.41) is 3.06. The summed E-state index contributed by atoms with van der Waals surface area (Å²) in [6.07, 6.45) is 3.55. The molecule has 0 aliphatic heterocycles. The third-order valence-electron chi connectivity index (χ3n) is 3.63. The van der Waals surface area contributed by atoms with Crippen molar-refractivity contribution in [3.63, 3.8) is 0 Å². The van der Waals surface area contributed by atoms with Crippen LogP contribution >= 0.6 is 0 Å². The molecular weight excluding hydrogens is 200 g/mol. The second kappa shape index (κ2) is 3.32. The Hall–Kier alpha value is -1.35. The van der Waals surface area contributed by atoms with Crippen LogP contribution in [-0.4, -0.2) is 17.5 Å². The van der Waals surface area contributed by atoms with Crippen LogP contribution in [0.25, 0.3) is 0 Å². The highest BCUT2D eigenvalue weighted by Gasteiger charge is 2.46.